The number of unbranched alkanes of at least 4 members (excludes halogenated alkanes) is 1. The molecule has 0 aliphatic rings. The van der Waals surface area contributed by atoms with Crippen LogP contribution in [-0.4, -0.2) is 10.5 Å². The van der Waals surface area contributed by atoms with Crippen molar-refractivity contribution in [2.45, 2.75) is 39.5 Å². The Kier molecular flexibility index (Phi) is 7.29. The molecule has 0 saturated heterocycles. The van der Waals surface area contributed by atoms with Gasteiger partial charge in [-0.1, -0.05) is 43.1 Å². The number of hydrogen-bond donors (Lipinski definition) is 1. The molecule has 0 saturated carbocycles. The third-order valence-electron chi connectivity index (χ3n) is 4.80. The second-order valence-electron chi connectivity index (χ2n) is 7.14. The van der Waals surface area contributed by atoms with Crippen molar-refractivity contribution in [1.29, 1.82) is 0 Å². The van der Waals surface area contributed by atoms with E-state index >= 15 is 0 Å². The number of nitrogens with one attached hydrogen (secondary N) is 1. The third-order valence-corrected chi connectivity index (χ3v) is 6.17. The van der Waals surface area contributed by atoms with Gasteiger partial charge in [-0.3, -0.25) is 4.79 Å². The van der Waals surface area contributed by atoms with E-state index in [-0.39, 0.29) is 12.3 Å². The first-order valence-electron chi connectivity index (χ1n) is 9.79. The van der Waals surface area contributed by atoms with Crippen molar-refractivity contribution >= 4 is 40.2 Å². The summed E-state index contributed by atoms with van der Waals surface area (Å²) in [5.41, 5.74) is 4.88. The van der Waals surface area contributed by atoms with Gasteiger partial charge >= 0.3 is 0 Å². The smallest absolute Gasteiger partial charge is 0.230 e. The first-order chi connectivity index (χ1) is 14.0. The van der Waals surface area contributed by atoms with Crippen molar-refractivity contribution in [3.63, 3.8) is 0 Å². The van der Waals surface area contributed by atoms with E-state index in [1.54, 1.807) is 6.07 Å². The van der Waals surface area contributed by atoms with Crippen LogP contribution in [0.3, 0.4) is 0 Å². The summed E-state index contributed by atoms with van der Waals surface area (Å²) in [5, 5.41) is 5.53. The number of aromatic nitrogens is 1. The van der Waals surface area contributed by atoms with Crippen LogP contribution < -0.4 is 10.1 Å². The molecule has 29 heavy (non-hydrogen) atoms. The zero-order valence-corrected chi connectivity index (χ0v) is 18.6. The normalized spacial score (nSPS) is 11.7. The molecule has 0 atom stereocenters. The lowest BCUT2D eigenvalue weighted by Crippen LogP contribution is -2.19. The molecule has 1 heterocycles. The van der Waals surface area contributed by atoms with Gasteiger partial charge in [0.1, 0.15) is 0 Å². The second-order valence-corrected chi connectivity index (χ2v) is 8.38. The van der Waals surface area contributed by atoms with E-state index in [1.807, 2.05) is 36.1 Å². The quantitative estimate of drug-likeness (QED) is 0.508. The van der Waals surface area contributed by atoms with Crippen molar-refractivity contribution in [1.82, 2.24) is 4.57 Å². The van der Waals surface area contributed by atoms with Crippen LogP contribution in [0.2, 0.25) is 5.02 Å². The summed E-state index contributed by atoms with van der Waals surface area (Å²) in [6.45, 7) is 4.14. The topological polar surface area (TPSA) is 46.4 Å². The highest BCUT2D eigenvalue weighted by Crippen LogP contribution is 2.20. The number of thiazole rings is 1. The molecule has 4 nitrogen and oxygen atoms in total. The lowest BCUT2D eigenvalue weighted by molar-refractivity contribution is -0.115. The maximum absolute atomic E-state index is 12.4. The molecule has 3 rings (SSSR count). The van der Waals surface area contributed by atoms with Gasteiger partial charge in [-0.25, -0.2) is 4.99 Å². The van der Waals surface area contributed by atoms with Crippen molar-refractivity contribution < 1.29 is 4.79 Å². The van der Waals surface area contributed by atoms with Crippen LogP contribution in [0.4, 0.5) is 11.4 Å². The Labute approximate surface area is 180 Å². The van der Waals surface area contributed by atoms with Gasteiger partial charge in [-0.05, 0) is 55.2 Å². The molecule has 2 aromatic carbocycles. The minimum absolute atomic E-state index is 0.0786. The number of rotatable bonds is 7. The second kappa shape index (κ2) is 9.90. The van der Waals surface area contributed by atoms with E-state index in [1.165, 1.54) is 29.7 Å². The highest BCUT2D eigenvalue weighted by Gasteiger charge is 2.09. The average Bonchev–Trinajstić information content (AvgIpc) is 3.03. The molecule has 1 amide bonds. The Morgan fingerprint density at radius 1 is 1.21 bits per heavy atom. The fraction of sp³-hybridized carbons (Fsp3) is 0.304. The molecule has 0 fully saturated rings. The standard InChI is InChI=1S/C23H26ClN3OS/c1-4-5-6-17-8-11-18(12-9-17)26-23-27(3)20(15-29-23)14-22(28)25-19-10-7-16(2)21(24)13-19/h7-13,15H,4-6,14H2,1-3H3,(H,25,28). The zero-order chi connectivity index (χ0) is 20.8. The van der Waals surface area contributed by atoms with Crippen LogP contribution in [0.5, 0.6) is 0 Å². The summed E-state index contributed by atoms with van der Waals surface area (Å²) in [4.78, 5) is 18.0. The highest BCUT2D eigenvalue weighted by molar-refractivity contribution is 7.07. The van der Waals surface area contributed by atoms with Gasteiger partial charge < -0.3 is 9.88 Å². The lowest BCUT2D eigenvalue weighted by atomic mass is 10.1. The Bertz CT molecular complexity index is 1050. The van der Waals surface area contributed by atoms with Crippen LogP contribution in [-0.2, 0) is 24.7 Å². The minimum Gasteiger partial charge on any atom is -0.326 e. The predicted octanol–water partition coefficient (Wildman–Crippen LogP) is 5.80. The van der Waals surface area contributed by atoms with Gasteiger partial charge in [0.25, 0.3) is 0 Å². The molecule has 152 valence electrons. The number of carbonyl (C=O) groups is 1. The largest absolute Gasteiger partial charge is 0.326 e. The molecule has 0 bridgehead atoms. The van der Waals surface area contributed by atoms with Gasteiger partial charge in [0.05, 0.1) is 12.1 Å². The molecule has 0 aliphatic heterocycles. The molecule has 0 spiro atoms. The van der Waals surface area contributed by atoms with Crippen molar-refractivity contribution in [2.24, 2.45) is 12.0 Å². The third kappa shape index (κ3) is 5.81. The highest BCUT2D eigenvalue weighted by atomic mass is 35.5. The van der Waals surface area contributed by atoms with Gasteiger partial charge in [0.2, 0.25) is 5.91 Å². The van der Waals surface area contributed by atoms with E-state index in [0.717, 1.165) is 28.2 Å². The maximum Gasteiger partial charge on any atom is 0.230 e. The molecular formula is C23H26ClN3OS. The summed E-state index contributed by atoms with van der Waals surface area (Å²) in [6, 6.07) is 13.9. The van der Waals surface area contributed by atoms with Crippen molar-refractivity contribution in [3.8, 4) is 0 Å². The van der Waals surface area contributed by atoms with Crippen molar-refractivity contribution in [2.75, 3.05) is 5.32 Å². The molecule has 0 aliphatic carbocycles. The Balaban J connectivity index is 1.69. The molecule has 6 heteroatoms. The Morgan fingerprint density at radius 3 is 2.66 bits per heavy atom. The fourth-order valence-corrected chi connectivity index (χ4v) is 4.03. The number of amides is 1. The average molecular weight is 428 g/mol. The number of anilines is 1. The number of hydrogen-bond acceptors (Lipinski definition) is 3. The number of benzene rings is 2. The SMILES string of the molecule is CCCCc1ccc(N=c2scc(CC(=O)Nc3ccc(C)c(Cl)c3)n2C)cc1. The van der Waals surface area contributed by atoms with Crippen LogP contribution in [0.25, 0.3) is 0 Å². The monoisotopic (exact) mass is 427 g/mol. The van der Waals surface area contributed by atoms with E-state index in [0.29, 0.717) is 10.7 Å². The predicted molar refractivity (Wildman–Crippen MR) is 122 cm³/mol. The molecule has 0 radical (unpaired) electrons. The summed E-state index contributed by atoms with van der Waals surface area (Å²) in [7, 11) is 1.94. The summed E-state index contributed by atoms with van der Waals surface area (Å²) in [5.74, 6) is -0.0786. The van der Waals surface area contributed by atoms with Gasteiger partial charge in [0.15, 0.2) is 4.80 Å². The number of halogens is 1. The van der Waals surface area contributed by atoms with Gasteiger partial charge in [-0.15, -0.1) is 11.3 Å². The molecule has 3 aromatic rings. The zero-order valence-electron chi connectivity index (χ0n) is 17.0. The molecule has 1 aromatic heterocycles. The summed E-state index contributed by atoms with van der Waals surface area (Å²) >= 11 is 7.67. The Morgan fingerprint density at radius 2 is 1.97 bits per heavy atom. The van der Waals surface area contributed by atoms with Crippen LogP contribution in [0, 0.1) is 6.92 Å². The number of nitrogens with zero attached hydrogens (tertiary/aromatic N) is 2. The molecule has 0 unspecified atom stereocenters. The molecular weight excluding hydrogens is 402 g/mol. The summed E-state index contributed by atoms with van der Waals surface area (Å²) < 4.78 is 1.97. The van der Waals surface area contributed by atoms with E-state index in [2.05, 4.69) is 36.5 Å². The van der Waals surface area contributed by atoms with Crippen molar-refractivity contribution in [3.05, 3.63) is 74.5 Å². The van der Waals surface area contributed by atoms with Gasteiger partial charge in [0, 0.05) is 28.8 Å². The Hall–Kier alpha value is -2.37. The van der Waals surface area contributed by atoms with E-state index < -0.39 is 0 Å². The van der Waals surface area contributed by atoms with Crippen LogP contribution in [0.1, 0.15) is 36.6 Å². The van der Waals surface area contributed by atoms with E-state index in [9.17, 15) is 4.79 Å². The maximum atomic E-state index is 12.4. The van der Waals surface area contributed by atoms with Crippen LogP contribution >= 0.6 is 22.9 Å². The van der Waals surface area contributed by atoms with Crippen LogP contribution in [0.15, 0.2) is 52.8 Å². The minimum atomic E-state index is -0.0786. The lowest BCUT2D eigenvalue weighted by Gasteiger charge is -2.07. The summed E-state index contributed by atoms with van der Waals surface area (Å²) in [6.07, 6.45) is 3.79. The number of carbonyl (C=O) groups excluding carboxylic acids is 1. The molecule has 1 N–H and O–H groups in total. The first kappa shape index (κ1) is 21.3. The fourth-order valence-electron chi connectivity index (χ4n) is 2.93. The number of aryl methyl sites for hydroxylation is 2. The first-order valence-corrected chi connectivity index (χ1v) is 11.0. The van der Waals surface area contributed by atoms with E-state index in [4.69, 9.17) is 16.6 Å². The van der Waals surface area contributed by atoms with Gasteiger partial charge in [-0.2, -0.15) is 0 Å².